The molecule has 0 bridgehead atoms. The van der Waals surface area contributed by atoms with Crippen LogP contribution in [0.5, 0.6) is 0 Å². The number of hydrogen-bond donors (Lipinski definition) is 0. The third kappa shape index (κ3) is 3.98. The van der Waals surface area contributed by atoms with E-state index in [1.54, 1.807) is 6.07 Å². The van der Waals surface area contributed by atoms with E-state index in [1.807, 2.05) is 29.9 Å². The largest absolute Gasteiger partial charge is 0.378 e. The van der Waals surface area contributed by atoms with Crippen LogP contribution in [0.3, 0.4) is 0 Å². The Kier molecular flexibility index (Phi) is 5.52. The Morgan fingerprint density at radius 3 is 2.62 bits per heavy atom. The first-order valence-corrected chi connectivity index (χ1v) is 9.96. The minimum absolute atomic E-state index is 0.458. The van der Waals surface area contributed by atoms with Crippen molar-refractivity contribution in [1.82, 2.24) is 14.8 Å². The SMILES string of the molecule is Cc1nn(Cc2ccc(N3CCOCC3)nc2)c(C)c1-c1ccc(C#N)c(Cl)c1. The molecule has 4 rings (SSSR count). The number of benzene rings is 1. The normalized spacial score (nSPS) is 14.1. The molecule has 1 saturated heterocycles. The minimum atomic E-state index is 0.458. The standard InChI is InChI=1S/C22H22ClN5O/c1-15-22(18-4-5-19(12-24)20(23)11-18)16(2)28(26-15)14-17-3-6-21(25-13-17)27-7-9-29-10-8-27/h3-6,11,13H,7-10,14H2,1-2H3. The minimum Gasteiger partial charge on any atom is -0.378 e. The van der Waals surface area contributed by atoms with E-state index in [1.165, 1.54) is 0 Å². The van der Waals surface area contributed by atoms with Crippen molar-refractivity contribution in [3.63, 3.8) is 0 Å². The van der Waals surface area contributed by atoms with Crippen molar-refractivity contribution >= 4 is 17.4 Å². The molecule has 6 nitrogen and oxygen atoms in total. The van der Waals surface area contributed by atoms with Gasteiger partial charge in [0.2, 0.25) is 0 Å². The average molecular weight is 408 g/mol. The van der Waals surface area contributed by atoms with Crippen LogP contribution in [0, 0.1) is 25.2 Å². The van der Waals surface area contributed by atoms with Crippen molar-refractivity contribution in [3.8, 4) is 17.2 Å². The van der Waals surface area contributed by atoms with Crippen LogP contribution in [-0.4, -0.2) is 41.1 Å². The van der Waals surface area contributed by atoms with E-state index in [0.717, 1.165) is 60.2 Å². The van der Waals surface area contributed by atoms with Crippen LogP contribution in [0.4, 0.5) is 5.82 Å². The molecule has 0 atom stereocenters. The number of rotatable bonds is 4. The van der Waals surface area contributed by atoms with E-state index in [2.05, 4.69) is 35.0 Å². The molecular weight excluding hydrogens is 386 g/mol. The third-order valence-electron chi connectivity index (χ3n) is 5.24. The van der Waals surface area contributed by atoms with Crippen LogP contribution in [0.15, 0.2) is 36.5 Å². The summed E-state index contributed by atoms with van der Waals surface area (Å²) in [5.41, 5.74) is 5.58. The molecular formula is C22H22ClN5O. The van der Waals surface area contributed by atoms with Crippen LogP contribution in [0.2, 0.25) is 5.02 Å². The predicted molar refractivity (Wildman–Crippen MR) is 113 cm³/mol. The summed E-state index contributed by atoms with van der Waals surface area (Å²) in [5, 5.41) is 14.3. The number of anilines is 1. The average Bonchev–Trinajstić information content (AvgIpc) is 3.02. The number of aryl methyl sites for hydroxylation is 1. The zero-order valence-electron chi connectivity index (χ0n) is 16.5. The second-order valence-corrected chi connectivity index (χ2v) is 7.54. The molecule has 1 aliphatic heterocycles. The number of ether oxygens (including phenoxy) is 1. The zero-order valence-corrected chi connectivity index (χ0v) is 17.3. The lowest BCUT2D eigenvalue weighted by Gasteiger charge is -2.27. The summed E-state index contributed by atoms with van der Waals surface area (Å²) in [5.74, 6) is 0.985. The highest BCUT2D eigenvalue weighted by molar-refractivity contribution is 6.32. The van der Waals surface area contributed by atoms with Crippen molar-refractivity contribution in [2.75, 3.05) is 31.2 Å². The molecule has 3 heterocycles. The highest BCUT2D eigenvalue weighted by atomic mass is 35.5. The molecule has 148 valence electrons. The number of nitrogens with zero attached hydrogens (tertiary/aromatic N) is 5. The maximum atomic E-state index is 9.09. The topological polar surface area (TPSA) is 67.0 Å². The number of aromatic nitrogens is 3. The second-order valence-electron chi connectivity index (χ2n) is 7.13. The van der Waals surface area contributed by atoms with Crippen LogP contribution >= 0.6 is 11.6 Å². The van der Waals surface area contributed by atoms with Crippen molar-refractivity contribution in [2.45, 2.75) is 20.4 Å². The van der Waals surface area contributed by atoms with Gasteiger partial charge in [-0.05, 0) is 43.2 Å². The molecule has 7 heteroatoms. The molecule has 0 unspecified atom stereocenters. The van der Waals surface area contributed by atoms with Gasteiger partial charge in [0, 0.05) is 30.5 Å². The van der Waals surface area contributed by atoms with Gasteiger partial charge in [-0.3, -0.25) is 4.68 Å². The van der Waals surface area contributed by atoms with Gasteiger partial charge in [0.05, 0.1) is 36.0 Å². The number of morpholine rings is 1. The molecule has 1 fully saturated rings. The summed E-state index contributed by atoms with van der Waals surface area (Å²) < 4.78 is 7.39. The van der Waals surface area contributed by atoms with Crippen LogP contribution in [-0.2, 0) is 11.3 Å². The summed E-state index contributed by atoms with van der Waals surface area (Å²) in [6, 6.07) is 11.8. The molecule has 0 N–H and O–H groups in total. The Morgan fingerprint density at radius 1 is 1.17 bits per heavy atom. The van der Waals surface area contributed by atoms with Gasteiger partial charge in [-0.25, -0.2) is 4.98 Å². The summed E-state index contributed by atoms with van der Waals surface area (Å²) in [6.45, 7) is 7.93. The third-order valence-corrected chi connectivity index (χ3v) is 5.55. The van der Waals surface area contributed by atoms with E-state index >= 15 is 0 Å². The number of nitriles is 1. The quantitative estimate of drug-likeness (QED) is 0.654. The monoisotopic (exact) mass is 407 g/mol. The van der Waals surface area contributed by atoms with E-state index in [0.29, 0.717) is 17.1 Å². The number of halogens is 1. The van der Waals surface area contributed by atoms with E-state index in [-0.39, 0.29) is 0 Å². The number of pyridine rings is 1. The van der Waals surface area contributed by atoms with Crippen LogP contribution in [0.25, 0.3) is 11.1 Å². The highest BCUT2D eigenvalue weighted by Crippen LogP contribution is 2.30. The van der Waals surface area contributed by atoms with Crippen molar-refractivity contribution < 1.29 is 4.74 Å². The summed E-state index contributed by atoms with van der Waals surface area (Å²) >= 11 is 6.23. The lowest BCUT2D eigenvalue weighted by molar-refractivity contribution is 0.122. The molecule has 2 aromatic heterocycles. The van der Waals surface area contributed by atoms with E-state index in [4.69, 9.17) is 26.7 Å². The fraction of sp³-hybridized carbons (Fsp3) is 0.318. The Hall–Kier alpha value is -2.88. The Balaban J connectivity index is 1.56. The van der Waals surface area contributed by atoms with Gasteiger partial charge in [0.25, 0.3) is 0 Å². The smallest absolute Gasteiger partial charge is 0.128 e. The Bertz CT molecular complexity index is 1060. The van der Waals surface area contributed by atoms with Gasteiger partial charge < -0.3 is 9.64 Å². The fourth-order valence-corrected chi connectivity index (χ4v) is 3.92. The molecule has 0 spiro atoms. The van der Waals surface area contributed by atoms with Gasteiger partial charge in [0.1, 0.15) is 11.9 Å². The fourth-order valence-electron chi connectivity index (χ4n) is 3.69. The summed E-state index contributed by atoms with van der Waals surface area (Å²) in [4.78, 5) is 6.87. The second kappa shape index (κ2) is 8.24. The van der Waals surface area contributed by atoms with Gasteiger partial charge in [-0.1, -0.05) is 23.7 Å². The summed E-state index contributed by atoms with van der Waals surface area (Å²) in [7, 11) is 0. The summed E-state index contributed by atoms with van der Waals surface area (Å²) in [6.07, 6.45) is 1.92. The van der Waals surface area contributed by atoms with Gasteiger partial charge in [-0.15, -0.1) is 0 Å². The van der Waals surface area contributed by atoms with Gasteiger partial charge in [-0.2, -0.15) is 10.4 Å². The molecule has 0 amide bonds. The zero-order chi connectivity index (χ0) is 20.4. The van der Waals surface area contributed by atoms with Gasteiger partial charge >= 0.3 is 0 Å². The first-order valence-electron chi connectivity index (χ1n) is 9.58. The first kappa shape index (κ1) is 19.4. The maximum Gasteiger partial charge on any atom is 0.128 e. The number of hydrogen-bond acceptors (Lipinski definition) is 5. The van der Waals surface area contributed by atoms with Crippen molar-refractivity contribution in [2.24, 2.45) is 0 Å². The lowest BCUT2D eigenvalue weighted by atomic mass is 10.0. The predicted octanol–water partition coefficient (Wildman–Crippen LogP) is 3.97. The van der Waals surface area contributed by atoms with Crippen molar-refractivity contribution in [1.29, 1.82) is 5.26 Å². The first-order chi connectivity index (χ1) is 14.1. The molecule has 0 radical (unpaired) electrons. The van der Waals surface area contributed by atoms with Crippen LogP contribution in [0.1, 0.15) is 22.5 Å². The molecule has 1 aromatic carbocycles. The lowest BCUT2D eigenvalue weighted by Crippen LogP contribution is -2.36. The molecule has 29 heavy (non-hydrogen) atoms. The van der Waals surface area contributed by atoms with Gasteiger partial charge in [0.15, 0.2) is 0 Å². The molecule has 1 aliphatic rings. The van der Waals surface area contributed by atoms with E-state index in [9.17, 15) is 0 Å². The Morgan fingerprint density at radius 2 is 1.97 bits per heavy atom. The van der Waals surface area contributed by atoms with Crippen molar-refractivity contribution in [3.05, 3.63) is 64.1 Å². The Labute approximate surface area is 175 Å². The molecule has 0 saturated carbocycles. The van der Waals surface area contributed by atoms with Crippen LogP contribution < -0.4 is 4.90 Å². The maximum absolute atomic E-state index is 9.09. The molecule has 0 aliphatic carbocycles. The van der Waals surface area contributed by atoms with E-state index < -0.39 is 0 Å². The highest BCUT2D eigenvalue weighted by Gasteiger charge is 2.16. The molecule has 3 aromatic rings.